The van der Waals surface area contributed by atoms with E-state index in [1.165, 1.54) is 0 Å². The van der Waals surface area contributed by atoms with Gasteiger partial charge in [0.1, 0.15) is 11.5 Å². The van der Waals surface area contributed by atoms with Crippen LogP contribution >= 0.6 is 0 Å². The molecule has 3 aromatic rings. The van der Waals surface area contributed by atoms with Gasteiger partial charge in [0.05, 0.1) is 19.8 Å². The first-order chi connectivity index (χ1) is 15.3. The number of hydrogen-bond acceptors (Lipinski definition) is 6. The lowest BCUT2D eigenvalue weighted by Gasteiger charge is -2.32. The molecule has 0 aliphatic carbocycles. The number of carbonyl (C=O) groups is 1. The Morgan fingerprint density at radius 1 is 0.750 bits per heavy atom. The van der Waals surface area contributed by atoms with Crippen molar-refractivity contribution in [3.05, 3.63) is 82.9 Å². The van der Waals surface area contributed by atoms with Crippen molar-refractivity contribution in [2.24, 2.45) is 0 Å². The van der Waals surface area contributed by atoms with Crippen LogP contribution in [0.3, 0.4) is 0 Å². The molecule has 3 aromatic carbocycles. The van der Waals surface area contributed by atoms with Crippen molar-refractivity contribution in [3.63, 3.8) is 0 Å². The van der Waals surface area contributed by atoms with Crippen LogP contribution in [0.15, 0.2) is 60.7 Å². The van der Waals surface area contributed by atoms with Crippen molar-refractivity contribution < 1.29 is 19.0 Å². The van der Waals surface area contributed by atoms with Gasteiger partial charge in [-0.1, -0.05) is 18.2 Å². The molecule has 0 saturated carbocycles. The number of carbonyl (C=O) groups excluding carboxylic acids is 1. The van der Waals surface area contributed by atoms with Gasteiger partial charge >= 0.3 is 5.97 Å². The van der Waals surface area contributed by atoms with Gasteiger partial charge in [-0.2, -0.15) is 0 Å². The topological polar surface area (TPSA) is 51.2 Å². The van der Waals surface area contributed by atoms with Crippen molar-refractivity contribution in [2.75, 3.05) is 52.2 Å². The Bertz CT molecular complexity index is 1150. The highest BCUT2D eigenvalue weighted by atomic mass is 16.6. The normalized spacial score (nSPS) is 16.9. The summed E-state index contributed by atoms with van der Waals surface area (Å²) < 4.78 is 17.4. The van der Waals surface area contributed by atoms with Crippen molar-refractivity contribution in [1.82, 2.24) is 0 Å². The van der Waals surface area contributed by atoms with Crippen LogP contribution in [-0.4, -0.2) is 48.4 Å². The Kier molecular flexibility index (Phi) is 5.46. The van der Waals surface area contributed by atoms with Crippen molar-refractivity contribution >= 4 is 17.3 Å². The average molecular weight is 433 g/mol. The number of fused-ring (bicyclic) bond motifs is 1. The standard InChI is InChI=1S/C26H28N2O4/c1-27(2)18-9-7-17(8-10-18)26(23-14-12-20(30-5)16-24(23)31-6)22-13-11-19(28(3)4)15-21(22)25(29)32-26/h7-16H,1-6H3. The van der Waals surface area contributed by atoms with Gasteiger partial charge in [0, 0.05) is 62.3 Å². The Morgan fingerprint density at radius 3 is 1.97 bits per heavy atom. The van der Waals surface area contributed by atoms with Gasteiger partial charge in [0.15, 0.2) is 5.60 Å². The summed E-state index contributed by atoms with van der Waals surface area (Å²) in [4.78, 5) is 17.2. The van der Waals surface area contributed by atoms with E-state index in [0.29, 0.717) is 17.1 Å². The second kappa shape index (κ2) is 8.11. The molecule has 0 N–H and O–H groups in total. The molecule has 4 rings (SSSR count). The number of nitrogens with zero attached hydrogens (tertiary/aromatic N) is 2. The second-order valence-electron chi connectivity index (χ2n) is 8.20. The molecule has 0 amide bonds. The largest absolute Gasteiger partial charge is 0.497 e. The number of hydrogen-bond donors (Lipinski definition) is 0. The number of anilines is 2. The van der Waals surface area contributed by atoms with Crippen LogP contribution in [0.5, 0.6) is 11.5 Å². The molecular weight excluding hydrogens is 404 g/mol. The second-order valence-corrected chi connectivity index (χ2v) is 8.20. The van der Waals surface area contributed by atoms with E-state index < -0.39 is 5.60 Å². The van der Waals surface area contributed by atoms with Crippen LogP contribution in [0.25, 0.3) is 0 Å². The van der Waals surface area contributed by atoms with Gasteiger partial charge in [0.25, 0.3) is 0 Å². The molecule has 1 unspecified atom stereocenters. The van der Waals surface area contributed by atoms with E-state index in [-0.39, 0.29) is 5.97 Å². The number of methoxy groups -OCH3 is 2. The molecule has 0 spiro atoms. The van der Waals surface area contributed by atoms with Gasteiger partial charge in [-0.05, 0) is 36.4 Å². The number of rotatable bonds is 6. The van der Waals surface area contributed by atoms with E-state index >= 15 is 0 Å². The van der Waals surface area contributed by atoms with Crippen molar-refractivity contribution in [2.45, 2.75) is 5.60 Å². The zero-order valence-corrected chi connectivity index (χ0v) is 19.3. The SMILES string of the molecule is COc1ccc(C2(c3ccc(N(C)C)cc3)OC(=O)c3cc(N(C)C)ccc32)c(OC)c1. The summed E-state index contributed by atoms with van der Waals surface area (Å²) >= 11 is 0. The summed E-state index contributed by atoms with van der Waals surface area (Å²) in [6, 6.07) is 19.5. The molecule has 1 heterocycles. The molecule has 0 radical (unpaired) electrons. The molecule has 166 valence electrons. The fourth-order valence-corrected chi connectivity index (χ4v) is 4.19. The molecule has 1 aliphatic rings. The van der Waals surface area contributed by atoms with E-state index in [1.807, 2.05) is 98.7 Å². The third kappa shape index (κ3) is 3.32. The summed E-state index contributed by atoms with van der Waals surface area (Å²) in [6.45, 7) is 0. The number of esters is 1. The Balaban J connectivity index is 2.02. The molecular formula is C26H28N2O4. The van der Waals surface area contributed by atoms with Crippen LogP contribution in [0.1, 0.15) is 27.0 Å². The molecule has 0 saturated heterocycles. The zero-order valence-electron chi connectivity index (χ0n) is 19.3. The van der Waals surface area contributed by atoms with E-state index in [9.17, 15) is 4.79 Å². The smallest absolute Gasteiger partial charge is 0.340 e. The number of ether oxygens (including phenoxy) is 3. The summed E-state index contributed by atoms with van der Waals surface area (Å²) in [6.07, 6.45) is 0. The Labute approximate surface area is 188 Å². The molecule has 1 atom stereocenters. The number of cyclic esters (lactones) is 1. The average Bonchev–Trinajstić information content (AvgIpc) is 3.11. The van der Waals surface area contributed by atoms with Crippen LogP contribution in [0.4, 0.5) is 11.4 Å². The molecule has 6 nitrogen and oxygen atoms in total. The predicted octanol–water partition coefficient (Wildman–Crippen LogP) is 4.30. The minimum absolute atomic E-state index is 0.363. The van der Waals surface area contributed by atoms with Crippen LogP contribution < -0.4 is 19.3 Å². The van der Waals surface area contributed by atoms with Gasteiger partial charge in [0.2, 0.25) is 0 Å². The maximum atomic E-state index is 13.2. The summed E-state index contributed by atoms with van der Waals surface area (Å²) in [7, 11) is 11.1. The third-order valence-corrected chi connectivity index (χ3v) is 5.94. The predicted molar refractivity (Wildman–Crippen MR) is 126 cm³/mol. The molecule has 1 aliphatic heterocycles. The number of benzene rings is 3. The molecule has 0 fully saturated rings. The van der Waals surface area contributed by atoms with E-state index in [2.05, 4.69) is 0 Å². The first-order valence-corrected chi connectivity index (χ1v) is 10.4. The van der Waals surface area contributed by atoms with Gasteiger partial charge in [-0.25, -0.2) is 4.79 Å². The lowest BCUT2D eigenvalue weighted by atomic mass is 9.79. The highest BCUT2D eigenvalue weighted by Crippen LogP contribution is 2.51. The minimum atomic E-state index is -1.14. The van der Waals surface area contributed by atoms with E-state index in [0.717, 1.165) is 28.1 Å². The Morgan fingerprint density at radius 2 is 1.38 bits per heavy atom. The molecule has 6 heteroatoms. The monoisotopic (exact) mass is 432 g/mol. The zero-order chi connectivity index (χ0) is 23.0. The van der Waals surface area contributed by atoms with E-state index in [4.69, 9.17) is 14.2 Å². The van der Waals surface area contributed by atoms with Gasteiger partial charge in [-0.3, -0.25) is 0 Å². The summed E-state index contributed by atoms with van der Waals surface area (Å²) in [5.74, 6) is 0.882. The quantitative estimate of drug-likeness (QED) is 0.542. The van der Waals surface area contributed by atoms with Crippen molar-refractivity contribution in [3.8, 4) is 11.5 Å². The summed E-state index contributed by atoms with van der Waals surface area (Å²) in [5.41, 5.74) is 3.76. The highest BCUT2D eigenvalue weighted by Gasteiger charge is 2.50. The molecule has 0 bridgehead atoms. The van der Waals surface area contributed by atoms with E-state index in [1.54, 1.807) is 14.2 Å². The Hall–Kier alpha value is -3.67. The molecule has 32 heavy (non-hydrogen) atoms. The minimum Gasteiger partial charge on any atom is -0.497 e. The maximum absolute atomic E-state index is 13.2. The third-order valence-electron chi connectivity index (χ3n) is 5.94. The first kappa shape index (κ1) is 21.6. The van der Waals surface area contributed by atoms with Crippen LogP contribution in [0.2, 0.25) is 0 Å². The highest BCUT2D eigenvalue weighted by molar-refractivity contribution is 5.97. The van der Waals surface area contributed by atoms with Gasteiger partial charge < -0.3 is 24.0 Å². The fourth-order valence-electron chi connectivity index (χ4n) is 4.19. The lowest BCUT2D eigenvalue weighted by molar-refractivity contribution is 0.0245. The van der Waals surface area contributed by atoms with Crippen LogP contribution in [0, 0.1) is 0 Å². The van der Waals surface area contributed by atoms with Crippen LogP contribution in [-0.2, 0) is 10.3 Å². The maximum Gasteiger partial charge on any atom is 0.340 e. The lowest BCUT2D eigenvalue weighted by Crippen LogP contribution is -2.30. The first-order valence-electron chi connectivity index (χ1n) is 10.4. The summed E-state index contributed by atoms with van der Waals surface area (Å²) in [5, 5.41) is 0. The van der Waals surface area contributed by atoms with Crippen molar-refractivity contribution in [1.29, 1.82) is 0 Å². The fraction of sp³-hybridized carbons (Fsp3) is 0.269. The molecule has 0 aromatic heterocycles. The van der Waals surface area contributed by atoms with Gasteiger partial charge in [-0.15, -0.1) is 0 Å².